The van der Waals surface area contributed by atoms with E-state index in [2.05, 4.69) is 25.9 Å². The van der Waals surface area contributed by atoms with Crippen LogP contribution < -0.4 is 31.5 Å². The Balaban J connectivity index is 1.53. The molecule has 13 nitrogen and oxygen atoms in total. The number of benzene rings is 1. The van der Waals surface area contributed by atoms with Crippen LogP contribution in [0.4, 0.5) is 45.9 Å². The average molecular weight is 651 g/mol. The number of hydrogen-bond donors (Lipinski definition) is 4. The predicted octanol–water partition coefficient (Wildman–Crippen LogP) is 4.54. The van der Waals surface area contributed by atoms with Crippen molar-refractivity contribution in [3.8, 4) is 0 Å². The Labute approximate surface area is 265 Å². The second-order valence-electron chi connectivity index (χ2n) is 13.4. The topological polar surface area (TPSA) is 164 Å². The SMILES string of the molecule is CC(C)(C)OC(=O)NC1CN(c2cc(Nc3nc(N4CCCC(NC(=O)OC(C)(C)C)C4)ncc3C(N)=O)cc(C(F)(F)F)c2)C1. The summed E-state index contributed by atoms with van der Waals surface area (Å²) in [5.74, 6) is -0.740. The number of primary amides is 1. The molecule has 4 rings (SSSR count). The maximum absolute atomic E-state index is 13.9. The van der Waals surface area contributed by atoms with E-state index >= 15 is 0 Å². The number of carbonyl (C=O) groups is 3. The molecule has 3 amide bonds. The van der Waals surface area contributed by atoms with Gasteiger partial charge in [0.2, 0.25) is 5.95 Å². The van der Waals surface area contributed by atoms with Gasteiger partial charge < -0.3 is 41.0 Å². The molecule has 2 fully saturated rings. The van der Waals surface area contributed by atoms with Crippen molar-refractivity contribution in [3.63, 3.8) is 0 Å². The van der Waals surface area contributed by atoms with E-state index in [4.69, 9.17) is 15.2 Å². The van der Waals surface area contributed by atoms with Crippen LogP contribution in [0.25, 0.3) is 0 Å². The van der Waals surface area contributed by atoms with Crippen LogP contribution in [0.15, 0.2) is 24.4 Å². The van der Waals surface area contributed by atoms with Crippen molar-refractivity contribution in [3.05, 3.63) is 35.5 Å². The summed E-state index contributed by atoms with van der Waals surface area (Å²) < 4.78 is 52.4. The minimum Gasteiger partial charge on any atom is -0.444 e. The number of aromatic nitrogens is 2. The summed E-state index contributed by atoms with van der Waals surface area (Å²) in [6.07, 6.45) is -3.23. The van der Waals surface area contributed by atoms with E-state index < -0.39 is 41.0 Å². The van der Waals surface area contributed by atoms with E-state index in [9.17, 15) is 27.6 Å². The van der Waals surface area contributed by atoms with Gasteiger partial charge in [0.1, 0.15) is 22.6 Å². The van der Waals surface area contributed by atoms with Crippen molar-refractivity contribution in [2.75, 3.05) is 41.3 Å². The van der Waals surface area contributed by atoms with Gasteiger partial charge in [0.05, 0.1) is 11.6 Å². The van der Waals surface area contributed by atoms with Gasteiger partial charge >= 0.3 is 18.4 Å². The number of alkyl halides is 3. The van der Waals surface area contributed by atoms with Crippen LogP contribution in [-0.2, 0) is 15.7 Å². The Morgan fingerprint density at radius 1 is 0.891 bits per heavy atom. The third-order valence-electron chi connectivity index (χ3n) is 6.94. The normalized spacial score (nSPS) is 17.5. The smallest absolute Gasteiger partial charge is 0.416 e. The van der Waals surface area contributed by atoms with Gasteiger partial charge in [-0.05, 0) is 72.6 Å². The Morgan fingerprint density at radius 3 is 2.04 bits per heavy atom. The Kier molecular flexibility index (Phi) is 9.78. The van der Waals surface area contributed by atoms with Gasteiger partial charge in [-0.1, -0.05) is 0 Å². The number of amides is 3. The summed E-state index contributed by atoms with van der Waals surface area (Å²) in [5.41, 5.74) is 3.44. The maximum Gasteiger partial charge on any atom is 0.416 e. The molecule has 1 aromatic carbocycles. The first-order chi connectivity index (χ1) is 21.3. The molecule has 0 radical (unpaired) electrons. The molecule has 0 spiro atoms. The van der Waals surface area contributed by atoms with Crippen molar-refractivity contribution >= 4 is 41.2 Å². The molecule has 2 saturated heterocycles. The predicted molar refractivity (Wildman–Crippen MR) is 165 cm³/mol. The number of ether oxygens (including phenoxy) is 2. The molecule has 0 aliphatic carbocycles. The minimum atomic E-state index is -4.67. The van der Waals surface area contributed by atoms with Gasteiger partial charge in [-0.15, -0.1) is 0 Å². The molecule has 16 heteroatoms. The van der Waals surface area contributed by atoms with E-state index in [0.29, 0.717) is 25.9 Å². The third-order valence-corrected chi connectivity index (χ3v) is 6.94. The van der Waals surface area contributed by atoms with Gasteiger partial charge in [0, 0.05) is 49.8 Å². The highest BCUT2D eigenvalue weighted by molar-refractivity contribution is 5.98. The minimum absolute atomic E-state index is 0.0173. The second-order valence-corrected chi connectivity index (χ2v) is 13.4. The van der Waals surface area contributed by atoms with Gasteiger partial charge in [-0.2, -0.15) is 18.2 Å². The van der Waals surface area contributed by atoms with Gasteiger partial charge in [-0.3, -0.25) is 4.79 Å². The first-order valence-corrected chi connectivity index (χ1v) is 14.9. The molecule has 1 atom stereocenters. The molecule has 5 N–H and O–H groups in total. The lowest BCUT2D eigenvalue weighted by molar-refractivity contribution is -0.137. The summed E-state index contributed by atoms with van der Waals surface area (Å²) in [7, 11) is 0. The van der Waals surface area contributed by atoms with Crippen molar-refractivity contribution < 1.29 is 37.0 Å². The van der Waals surface area contributed by atoms with Gasteiger partial charge in [0.15, 0.2) is 0 Å². The molecule has 3 heterocycles. The maximum atomic E-state index is 13.9. The Bertz CT molecular complexity index is 1450. The lowest BCUT2D eigenvalue weighted by Crippen LogP contribution is -2.60. The van der Waals surface area contributed by atoms with Crippen LogP contribution in [0.1, 0.15) is 70.3 Å². The van der Waals surface area contributed by atoms with Crippen LogP contribution >= 0.6 is 0 Å². The number of alkyl carbamates (subject to hydrolysis) is 2. The molecule has 1 aromatic heterocycles. The standard InChI is InChI=1S/C30H41F3N8O5/c1-28(2,3)45-26(43)37-18-8-7-9-40(14-18)25-35-13-22(23(34)42)24(39-25)36-19-10-17(30(31,32)33)11-21(12-19)41-15-20(16-41)38-27(44)46-29(4,5)6/h10-13,18,20H,7-9,14-16H2,1-6H3,(H2,34,42)(H,37,43)(H,38,44)(H,35,36,39). The molecule has 0 saturated carbocycles. The monoisotopic (exact) mass is 650 g/mol. The fourth-order valence-electron chi connectivity index (χ4n) is 4.97. The summed E-state index contributed by atoms with van der Waals surface area (Å²) in [6, 6.07) is 2.84. The molecular weight excluding hydrogens is 609 g/mol. The summed E-state index contributed by atoms with van der Waals surface area (Å²) in [6.45, 7) is 11.9. The highest BCUT2D eigenvalue weighted by Crippen LogP contribution is 2.37. The van der Waals surface area contributed by atoms with Crippen molar-refractivity contribution in [1.29, 1.82) is 0 Å². The van der Waals surface area contributed by atoms with Crippen molar-refractivity contribution in [2.45, 2.75) is 83.8 Å². The lowest BCUT2D eigenvalue weighted by Gasteiger charge is -2.41. The molecule has 252 valence electrons. The number of halogens is 3. The fourth-order valence-corrected chi connectivity index (χ4v) is 4.97. The second kappa shape index (κ2) is 13.1. The zero-order chi connectivity index (χ0) is 34.0. The van der Waals surface area contributed by atoms with Crippen LogP contribution in [0.5, 0.6) is 0 Å². The quantitative estimate of drug-likeness (QED) is 0.334. The summed E-state index contributed by atoms with van der Waals surface area (Å²) >= 11 is 0. The third kappa shape index (κ3) is 9.50. The molecule has 0 bridgehead atoms. The summed E-state index contributed by atoms with van der Waals surface area (Å²) in [5, 5.41) is 8.39. The van der Waals surface area contributed by atoms with Crippen LogP contribution in [0.3, 0.4) is 0 Å². The number of nitrogens with one attached hydrogen (secondary N) is 3. The number of nitrogens with two attached hydrogens (primary N) is 1. The van der Waals surface area contributed by atoms with Crippen LogP contribution in [0, 0.1) is 0 Å². The van der Waals surface area contributed by atoms with Crippen molar-refractivity contribution in [1.82, 2.24) is 20.6 Å². The number of anilines is 4. The molecule has 2 aliphatic rings. The van der Waals surface area contributed by atoms with Gasteiger partial charge in [-0.25, -0.2) is 14.6 Å². The van der Waals surface area contributed by atoms with E-state index in [1.165, 1.54) is 12.3 Å². The number of carbonyl (C=O) groups excluding carboxylic acids is 3. The van der Waals surface area contributed by atoms with Crippen LogP contribution in [-0.4, -0.2) is 77.5 Å². The van der Waals surface area contributed by atoms with Gasteiger partial charge in [0.25, 0.3) is 5.91 Å². The first kappa shape index (κ1) is 34.4. The summed E-state index contributed by atoms with van der Waals surface area (Å²) in [4.78, 5) is 48.9. The van der Waals surface area contributed by atoms with Crippen molar-refractivity contribution in [2.24, 2.45) is 5.73 Å². The fraction of sp³-hybridized carbons (Fsp3) is 0.567. The van der Waals surface area contributed by atoms with E-state index in [1.807, 2.05) is 0 Å². The highest BCUT2D eigenvalue weighted by atomic mass is 19.4. The van der Waals surface area contributed by atoms with Crippen LogP contribution in [0.2, 0.25) is 0 Å². The number of rotatable bonds is 7. The highest BCUT2D eigenvalue weighted by Gasteiger charge is 2.35. The largest absolute Gasteiger partial charge is 0.444 e. The van der Waals surface area contributed by atoms with E-state index in [1.54, 1.807) is 51.3 Å². The lowest BCUT2D eigenvalue weighted by atomic mass is 10.1. The molecular formula is C30H41F3N8O5. The molecule has 1 unspecified atom stereocenters. The Hall–Kier alpha value is -4.50. The molecule has 46 heavy (non-hydrogen) atoms. The average Bonchev–Trinajstić information content (AvgIpc) is 2.87. The number of hydrogen-bond acceptors (Lipinski definition) is 10. The number of piperidine rings is 1. The van der Waals surface area contributed by atoms with E-state index in [0.717, 1.165) is 12.1 Å². The molecule has 2 aliphatic heterocycles. The zero-order valence-corrected chi connectivity index (χ0v) is 26.7. The first-order valence-electron chi connectivity index (χ1n) is 14.9. The molecule has 2 aromatic rings. The number of nitrogens with zero attached hydrogens (tertiary/aromatic N) is 4. The Morgan fingerprint density at radius 2 is 1.48 bits per heavy atom. The zero-order valence-electron chi connectivity index (χ0n) is 26.7. The van der Waals surface area contributed by atoms with E-state index in [-0.39, 0.29) is 53.9 Å².